The van der Waals surface area contributed by atoms with Gasteiger partial charge in [0.1, 0.15) is 11.8 Å². The van der Waals surface area contributed by atoms with Crippen LogP contribution in [0.2, 0.25) is 5.02 Å². The molecule has 0 radical (unpaired) electrons. The first-order valence-electron chi connectivity index (χ1n) is 5.72. The molecule has 0 spiro atoms. The molecule has 0 bridgehead atoms. The van der Waals surface area contributed by atoms with Crippen molar-refractivity contribution in [1.82, 2.24) is 4.90 Å². The summed E-state index contributed by atoms with van der Waals surface area (Å²) in [7, 11) is 0. The summed E-state index contributed by atoms with van der Waals surface area (Å²) in [5.74, 6) is 0.231. The molecule has 0 fully saturated rings. The largest absolute Gasteiger partial charge is 0.482 e. The maximum absolute atomic E-state index is 11.7. The van der Waals surface area contributed by atoms with E-state index in [-0.39, 0.29) is 12.5 Å². The molecule has 1 aromatic rings. The van der Waals surface area contributed by atoms with Crippen molar-refractivity contribution >= 4 is 17.5 Å². The van der Waals surface area contributed by atoms with Gasteiger partial charge in [-0.2, -0.15) is 5.26 Å². The summed E-state index contributed by atoms with van der Waals surface area (Å²) in [4.78, 5) is 13.4. The van der Waals surface area contributed by atoms with E-state index in [2.05, 4.69) is 0 Å². The first kappa shape index (κ1) is 14.3. The number of benzene rings is 1. The Labute approximate surface area is 112 Å². The normalized spacial score (nSPS) is 9.67. The highest BCUT2D eigenvalue weighted by atomic mass is 35.5. The lowest BCUT2D eigenvalue weighted by molar-refractivity contribution is -0.132. The van der Waals surface area contributed by atoms with Gasteiger partial charge < -0.3 is 9.64 Å². The van der Waals surface area contributed by atoms with Gasteiger partial charge in [0.25, 0.3) is 5.91 Å². The van der Waals surface area contributed by atoms with Crippen LogP contribution in [0.4, 0.5) is 0 Å². The second kappa shape index (κ2) is 6.87. The average Bonchev–Trinajstić information content (AvgIpc) is 2.38. The summed E-state index contributed by atoms with van der Waals surface area (Å²) in [6.45, 7) is 5.00. The van der Waals surface area contributed by atoms with Crippen LogP contribution in [0.3, 0.4) is 0 Å². The van der Waals surface area contributed by atoms with Crippen molar-refractivity contribution in [2.75, 3.05) is 19.7 Å². The molecule has 0 aromatic heterocycles. The van der Waals surface area contributed by atoms with Gasteiger partial charge in [-0.3, -0.25) is 4.79 Å². The number of halogens is 1. The predicted octanol–water partition coefficient (Wildman–Crippen LogP) is 2.46. The Morgan fingerprint density at radius 1 is 1.44 bits per heavy atom. The molecular weight excluding hydrogens is 252 g/mol. The minimum absolute atomic E-state index is 0.0866. The van der Waals surface area contributed by atoms with Crippen LogP contribution in [-0.2, 0) is 4.79 Å². The summed E-state index contributed by atoms with van der Waals surface area (Å²) < 4.78 is 5.36. The van der Waals surface area contributed by atoms with E-state index in [0.29, 0.717) is 29.4 Å². The van der Waals surface area contributed by atoms with Crippen LogP contribution < -0.4 is 4.74 Å². The Hall–Kier alpha value is -1.73. The molecule has 0 aliphatic carbocycles. The van der Waals surface area contributed by atoms with Crippen LogP contribution in [0.5, 0.6) is 5.75 Å². The molecule has 4 nitrogen and oxygen atoms in total. The maximum Gasteiger partial charge on any atom is 0.260 e. The van der Waals surface area contributed by atoms with Gasteiger partial charge in [-0.15, -0.1) is 0 Å². The van der Waals surface area contributed by atoms with Crippen LogP contribution in [0.25, 0.3) is 0 Å². The number of amides is 1. The highest BCUT2D eigenvalue weighted by Gasteiger charge is 2.12. The van der Waals surface area contributed by atoms with Crippen molar-refractivity contribution in [1.29, 1.82) is 5.26 Å². The third kappa shape index (κ3) is 3.64. The smallest absolute Gasteiger partial charge is 0.260 e. The summed E-state index contributed by atoms with van der Waals surface area (Å²) >= 11 is 5.82. The van der Waals surface area contributed by atoms with E-state index in [0.717, 1.165) is 0 Å². The van der Waals surface area contributed by atoms with Crippen LogP contribution in [0, 0.1) is 11.3 Å². The SMILES string of the molecule is CCN(CC)C(=O)COc1cc(Cl)ccc1C#N. The molecule has 1 amide bonds. The van der Waals surface area contributed by atoms with Gasteiger partial charge in [0.15, 0.2) is 6.61 Å². The van der Waals surface area contributed by atoms with Gasteiger partial charge >= 0.3 is 0 Å². The molecule has 1 rings (SSSR count). The Bertz CT molecular complexity index is 465. The third-order valence-electron chi connectivity index (χ3n) is 2.53. The van der Waals surface area contributed by atoms with Gasteiger partial charge in [-0.05, 0) is 26.0 Å². The zero-order valence-electron chi connectivity index (χ0n) is 10.4. The molecule has 5 heteroatoms. The van der Waals surface area contributed by atoms with Crippen molar-refractivity contribution in [3.63, 3.8) is 0 Å². The summed E-state index contributed by atoms with van der Waals surface area (Å²) in [5, 5.41) is 9.38. The zero-order valence-corrected chi connectivity index (χ0v) is 11.2. The number of nitriles is 1. The molecule has 0 aliphatic rings. The monoisotopic (exact) mass is 266 g/mol. The standard InChI is InChI=1S/C13H15ClN2O2/c1-3-16(4-2)13(17)9-18-12-7-11(14)6-5-10(12)8-15/h5-7H,3-4,9H2,1-2H3. The molecule has 0 atom stereocenters. The highest BCUT2D eigenvalue weighted by Crippen LogP contribution is 2.22. The van der Waals surface area contributed by atoms with Crippen molar-refractivity contribution in [3.05, 3.63) is 28.8 Å². The van der Waals surface area contributed by atoms with E-state index in [4.69, 9.17) is 21.6 Å². The lowest BCUT2D eigenvalue weighted by atomic mass is 10.2. The number of rotatable bonds is 5. The number of likely N-dealkylation sites (N-methyl/N-ethyl adjacent to an activating group) is 1. The van der Waals surface area contributed by atoms with Crippen molar-refractivity contribution < 1.29 is 9.53 Å². The minimum atomic E-state index is -0.108. The number of ether oxygens (including phenoxy) is 1. The Balaban J connectivity index is 2.72. The average molecular weight is 267 g/mol. The highest BCUT2D eigenvalue weighted by molar-refractivity contribution is 6.30. The van der Waals surface area contributed by atoms with E-state index in [1.54, 1.807) is 17.0 Å². The molecular formula is C13H15ClN2O2. The van der Waals surface area contributed by atoms with Gasteiger partial charge in [-0.25, -0.2) is 0 Å². The van der Waals surface area contributed by atoms with Crippen LogP contribution in [0.1, 0.15) is 19.4 Å². The second-order valence-corrected chi connectivity index (χ2v) is 4.04. The summed E-state index contributed by atoms with van der Waals surface area (Å²) in [6.07, 6.45) is 0. The van der Waals surface area contributed by atoms with E-state index < -0.39 is 0 Å². The van der Waals surface area contributed by atoms with Crippen molar-refractivity contribution in [3.8, 4) is 11.8 Å². The van der Waals surface area contributed by atoms with Crippen LogP contribution >= 0.6 is 11.6 Å². The molecule has 0 unspecified atom stereocenters. The molecule has 0 aliphatic heterocycles. The fraction of sp³-hybridized carbons (Fsp3) is 0.385. The van der Waals surface area contributed by atoms with Crippen LogP contribution in [0.15, 0.2) is 18.2 Å². The zero-order chi connectivity index (χ0) is 13.5. The summed E-state index contributed by atoms with van der Waals surface area (Å²) in [5.41, 5.74) is 0.367. The number of carbonyl (C=O) groups excluding carboxylic acids is 1. The van der Waals surface area contributed by atoms with E-state index in [1.165, 1.54) is 6.07 Å². The molecule has 96 valence electrons. The number of carbonyl (C=O) groups is 1. The molecule has 0 N–H and O–H groups in total. The summed E-state index contributed by atoms with van der Waals surface area (Å²) in [6, 6.07) is 6.71. The first-order valence-corrected chi connectivity index (χ1v) is 6.10. The fourth-order valence-corrected chi connectivity index (χ4v) is 1.68. The van der Waals surface area contributed by atoms with Gasteiger partial charge in [0.05, 0.1) is 5.56 Å². The molecule has 18 heavy (non-hydrogen) atoms. The first-order chi connectivity index (χ1) is 8.62. The second-order valence-electron chi connectivity index (χ2n) is 3.61. The van der Waals surface area contributed by atoms with E-state index in [9.17, 15) is 4.79 Å². The quantitative estimate of drug-likeness (QED) is 0.823. The third-order valence-corrected chi connectivity index (χ3v) is 2.77. The topological polar surface area (TPSA) is 53.3 Å². The Kier molecular flexibility index (Phi) is 5.47. The van der Waals surface area contributed by atoms with Crippen molar-refractivity contribution in [2.45, 2.75) is 13.8 Å². The van der Waals surface area contributed by atoms with Gasteiger partial charge in [0, 0.05) is 24.2 Å². The molecule has 0 heterocycles. The van der Waals surface area contributed by atoms with E-state index in [1.807, 2.05) is 19.9 Å². The Morgan fingerprint density at radius 3 is 2.67 bits per heavy atom. The minimum Gasteiger partial charge on any atom is -0.482 e. The number of hydrogen-bond donors (Lipinski definition) is 0. The van der Waals surface area contributed by atoms with E-state index >= 15 is 0 Å². The number of nitrogens with zero attached hydrogens (tertiary/aromatic N) is 2. The van der Waals surface area contributed by atoms with Gasteiger partial charge in [0.2, 0.25) is 0 Å². The fourth-order valence-electron chi connectivity index (χ4n) is 1.52. The maximum atomic E-state index is 11.7. The van der Waals surface area contributed by atoms with Crippen LogP contribution in [-0.4, -0.2) is 30.5 Å². The Morgan fingerprint density at radius 2 is 2.11 bits per heavy atom. The number of hydrogen-bond acceptors (Lipinski definition) is 3. The van der Waals surface area contributed by atoms with Gasteiger partial charge in [-0.1, -0.05) is 11.6 Å². The van der Waals surface area contributed by atoms with Crippen molar-refractivity contribution in [2.24, 2.45) is 0 Å². The lowest BCUT2D eigenvalue weighted by Gasteiger charge is -2.18. The predicted molar refractivity (Wildman–Crippen MR) is 69.6 cm³/mol. The lowest BCUT2D eigenvalue weighted by Crippen LogP contribution is -2.34. The molecule has 0 saturated heterocycles. The molecule has 1 aromatic carbocycles. The molecule has 0 saturated carbocycles.